The molecule has 0 atom stereocenters. The summed E-state index contributed by atoms with van der Waals surface area (Å²) in [5.74, 6) is 0. The van der Waals surface area contributed by atoms with Crippen molar-refractivity contribution < 1.29 is 0 Å². The quantitative estimate of drug-likeness (QED) is 0.212. The molecule has 1 aromatic heterocycles. The molecule has 8 aromatic rings. The summed E-state index contributed by atoms with van der Waals surface area (Å²) in [4.78, 5) is 2.33. The average molecular weight is 537 g/mol. The van der Waals surface area contributed by atoms with Crippen LogP contribution in [-0.2, 0) is 0 Å². The number of aromatic nitrogens is 1. The number of hydrogen-bond donors (Lipinski definition) is 0. The minimum atomic E-state index is 1.11. The van der Waals surface area contributed by atoms with Crippen molar-refractivity contribution in [1.29, 1.82) is 0 Å². The Kier molecular flexibility index (Phi) is 5.82. The van der Waals surface area contributed by atoms with E-state index < -0.39 is 0 Å². The van der Waals surface area contributed by atoms with Gasteiger partial charge in [0.1, 0.15) is 0 Å². The molecule has 0 aliphatic heterocycles. The van der Waals surface area contributed by atoms with Crippen LogP contribution in [0.3, 0.4) is 0 Å². The van der Waals surface area contributed by atoms with Gasteiger partial charge in [-0.15, -0.1) is 0 Å². The van der Waals surface area contributed by atoms with E-state index >= 15 is 0 Å². The second kappa shape index (κ2) is 10.1. The molecule has 1 heterocycles. The largest absolute Gasteiger partial charge is 0.310 e. The van der Waals surface area contributed by atoms with E-state index in [-0.39, 0.29) is 0 Å². The number of para-hydroxylation sites is 3. The molecule has 2 nitrogen and oxygen atoms in total. The van der Waals surface area contributed by atoms with E-state index in [9.17, 15) is 0 Å². The summed E-state index contributed by atoms with van der Waals surface area (Å²) >= 11 is 0. The van der Waals surface area contributed by atoms with Gasteiger partial charge < -0.3 is 9.47 Å². The Morgan fingerprint density at radius 3 is 1.67 bits per heavy atom. The molecule has 0 saturated carbocycles. The van der Waals surface area contributed by atoms with Gasteiger partial charge in [0, 0.05) is 33.5 Å². The molecule has 198 valence electrons. The fourth-order valence-electron chi connectivity index (χ4n) is 6.17. The molecule has 0 amide bonds. The van der Waals surface area contributed by atoms with Gasteiger partial charge in [-0.3, -0.25) is 0 Å². The van der Waals surface area contributed by atoms with Crippen molar-refractivity contribution in [2.75, 3.05) is 4.90 Å². The van der Waals surface area contributed by atoms with E-state index in [0.717, 1.165) is 22.7 Å². The third kappa shape index (κ3) is 4.13. The fourth-order valence-corrected chi connectivity index (χ4v) is 6.17. The van der Waals surface area contributed by atoms with E-state index in [1.807, 2.05) is 0 Å². The van der Waals surface area contributed by atoms with E-state index in [1.54, 1.807) is 0 Å². The van der Waals surface area contributed by atoms with Gasteiger partial charge in [0.25, 0.3) is 0 Å². The van der Waals surface area contributed by atoms with Gasteiger partial charge in [-0.25, -0.2) is 0 Å². The van der Waals surface area contributed by atoms with Gasteiger partial charge in [-0.2, -0.15) is 0 Å². The smallest absolute Gasteiger partial charge is 0.0541 e. The monoisotopic (exact) mass is 536 g/mol. The van der Waals surface area contributed by atoms with Crippen LogP contribution in [0.15, 0.2) is 170 Å². The summed E-state index contributed by atoms with van der Waals surface area (Å²) in [6.07, 6.45) is 0. The normalized spacial score (nSPS) is 11.3. The van der Waals surface area contributed by atoms with E-state index in [1.165, 1.54) is 43.7 Å². The molecule has 2 heteroatoms. The lowest BCUT2D eigenvalue weighted by atomic mass is 10.0. The molecular weight excluding hydrogens is 508 g/mol. The average Bonchev–Trinajstić information content (AvgIpc) is 3.40. The standard InChI is InChI=1S/C40H28N2/c1-2-14-33(15-3-1)41(36-16-10-13-31(28-36)32-22-21-29-11-4-5-12-30(29)27-32)34-23-25-35(26-24-34)42-39-19-8-6-17-37(39)38-18-7-9-20-40(38)42/h1-28H. The molecule has 7 aromatic carbocycles. The zero-order valence-corrected chi connectivity index (χ0v) is 23.1. The SMILES string of the molecule is c1ccc(N(c2ccc(-n3c4ccccc4c4ccccc43)cc2)c2cccc(-c3ccc4ccccc4c3)c2)cc1. The van der Waals surface area contributed by atoms with Crippen molar-refractivity contribution in [2.24, 2.45) is 0 Å². The Bertz CT molecular complexity index is 2140. The molecule has 0 spiro atoms. The Morgan fingerprint density at radius 1 is 0.357 bits per heavy atom. The maximum absolute atomic E-state index is 2.36. The lowest BCUT2D eigenvalue weighted by Gasteiger charge is -2.26. The number of rotatable bonds is 5. The van der Waals surface area contributed by atoms with E-state index in [0.29, 0.717) is 0 Å². The topological polar surface area (TPSA) is 8.17 Å². The van der Waals surface area contributed by atoms with Crippen LogP contribution in [0, 0.1) is 0 Å². The summed E-state index contributed by atoms with van der Waals surface area (Å²) < 4.78 is 2.36. The molecule has 0 N–H and O–H groups in total. The Labute approximate surface area is 245 Å². The van der Waals surface area contributed by atoms with Gasteiger partial charge in [-0.1, -0.05) is 103 Å². The number of hydrogen-bond acceptors (Lipinski definition) is 1. The predicted molar refractivity (Wildman–Crippen MR) is 178 cm³/mol. The molecule has 0 bridgehead atoms. The van der Waals surface area contributed by atoms with Crippen LogP contribution in [-0.4, -0.2) is 4.57 Å². The van der Waals surface area contributed by atoms with Gasteiger partial charge >= 0.3 is 0 Å². The summed E-state index contributed by atoms with van der Waals surface area (Å²) in [7, 11) is 0. The van der Waals surface area contributed by atoms with Crippen LogP contribution >= 0.6 is 0 Å². The molecule has 0 radical (unpaired) electrons. The predicted octanol–water partition coefficient (Wildman–Crippen LogP) is 11.1. The van der Waals surface area contributed by atoms with E-state index in [4.69, 9.17) is 0 Å². The Morgan fingerprint density at radius 2 is 0.929 bits per heavy atom. The van der Waals surface area contributed by atoms with Crippen LogP contribution in [0.5, 0.6) is 0 Å². The second-order valence-electron chi connectivity index (χ2n) is 10.7. The van der Waals surface area contributed by atoms with Gasteiger partial charge in [0.05, 0.1) is 11.0 Å². The first-order chi connectivity index (χ1) is 20.8. The minimum Gasteiger partial charge on any atom is -0.310 e. The Hall–Kier alpha value is -5.60. The van der Waals surface area contributed by atoms with Crippen LogP contribution in [0.4, 0.5) is 17.1 Å². The highest BCUT2D eigenvalue weighted by molar-refractivity contribution is 6.09. The number of anilines is 3. The maximum Gasteiger partial charge on any atom is 0.0541 e. The number of nitrogens with zero attached hydrogens (tertiary/aromatic N) is 2. The zero-order chi connectivity index (χ0) is 27.9. The summed E-state index contributed by atoms with van der Waals surface area (Å²) in [5, 5.41) is 5.05. The lowest BCUT2D eigenvalue weighted by Crippen LogP contribution is -2.10. The molecule has 8 rings (SSSR count). The van der Waals surface area contributed by atoms with Crippen molar-refractivity contribution >= 4 is 49.6 Å². The molecular formula is C40H28N2. The fraction of sp³-hybridized carbons (Fsp3) is 0. The summed E-state index contributed by atoms with van der Waals surface area (Å²) in [6, 6.07) is 60.9. The van der Waals surface area contributed by atoms with Crippen molar-refractivity contribution in [3.05, 3.63) is 170 Å². The highest BCUT2D eigenvalue weighted by Gasteiger charge is 2.15. The van der Waals surface area contributed by atoms with Gasteiger partial charge in [0.2, 0.25) is 0 Å². The maximum atomic E-state index is 2.36. The molecule has 0 aliphatic carbocycles. The third-order valence-electron chi connectivity index (χ3n) is 8.15. The van der Waals surface area contributed by atoms with Crippen molar-refractivity contribution in [2.45, 2.75) is 0 Å². The minimum absolute atomic E-state index is 1.11. The molecule has 0 aliphatic rings. The van der Waals surface area contributed by atoms with Gasteiger partial charge in [0.15, 0.2) is 0 Å². The highest BCUT2D eigenvalue weighted by atomic mass is 15.1. The van der Waals surface area contributed by atoms with Crippen LogP contribution in [0.25, 0.3) is 49.4 Å². The van der Waals surface area contributed by atoms with Gasteiger partial charge in [-0.05, 0) is 88.6 Å². The van der Waals surface area contributed by atoms with E-state index in [2.05, 4.69) is 179 Å². The van der Waals surface area contributed by atoms with Crippen molar-refractivity contribution in [3.63, 3.8) is 0 Å². The molecule has 0 unspecified atom stereocenters. The molecule has 42 heavy (non-hydrogen) atoms. The van der Waals surface area contributed by atoms with Crippen LogP contribution < -0.4 is 4.90 Å². The third-order valence-corrected chi connectivity index (χ3v) is 8.15. The molecule has 0 saturated heterocycles. The second-order valence-corrected chi connectivity index (χ2v) is 10.7. The molecule has 0 fully saturated rings. The van der Waals surface area contributed by atoms with Crippen LogP contribution in [0.1, 0.15) is 0 Å². The number of benzene rings is 7. The summed E-state index contributed by atoms with van der Waals surface area (Å²) in [5.41, 5.74) is 9.35. The first-order valence-electron chi connectivity index (χ1n) is 14.4. The highest BCUT2D eigenvalue weighted by Crippen LogP contribution is 2.38. The summed E-state index contributed by atoms with van der Waals surface area (Å²) in [6.45, 7) is 0. The van der Waals surface area contributed by atoms with Crippen molar-refractivity contribution in [3.8, 4) is 16.8 Å². The first kappa shape index (κ1) is 24.2. The number of fused-ring (bicyclic) bond motifs is 4. The lowest BCUT2D eigenvalue weighted by molar-refractivity contribution is 1.17. The zero-order valence-electron chi connectivity index (χ0n) is 23.1. The van der Waals surface area contributed by atoms with Crippen LogP contribution in [0.2, 0.25) is 0 Å². The Balaban J connectivity index is 1.24. The van der Waals surface area contributed by atoms with Crippen molar-refractivity contribution in [1.82, 2.24) is 4.57 Å². The first-order valence-corrected chi connectivity index (χ1v) is 14.4.